The number of nitrogens with one attached hydrogen (secondary N) is 1. The van der Waals surface area contributed by atoms with Crippen molar-refractivity contribution in [2.75, 3.05) is 81.2 Å². The lowest BCUT2D eigenvalue weighted by Crippen LogP contribution is -2.37. The van der Waals surface area contributed by atoms with Gasteiger partial charge in [0.15, 0.2) is 0 Å². The van der Waals surface area contributed by atoms with E-state index in [9.17, 15) is 8.42 Å². The first kappa shape index (κ1) is 37.4. The van der Waals surface area contributed by atoms with Crippen LogP contribution in [0.2, 0.25) is 10.3 Å². The topological polar surface area (TPSA) is 123 Å². The van der Waals surface area contributed by atoms with Gasteiger partial charge in [-0.15, -0.1) is 23.2 Å². The number of ether oxygens (including phenoxy) is 2. The Morgan fingerprint density at radius 2 is 1.16 bits per heavy atom. The molecule has 11 nitrogen and oxygen atoms in total. The molecule has 0 atom stereocenters. The maximum atomic E-state index is 12.2. The Bertz CT molecular complexity index is 1810. The predicted molar refractivity (Wildman–Crippen MR) is 196 cm³/mol. The molecule has 0 unspecified atom stereocenters. The Morgan fingerprint density at radius 3 is 1.63 bits per heavy atom. The van der Waals surface area contributed by atoms with E-state index in [2.05, 4.69) is 19.6 Å². The average Bonchev–Trinajstić information content (AvgIpc) is 3.14. The Balaban J connectivity index is 0.000000195. The second-order valence-corrected chi connectivity index (χ2v) is 14.3. The van der Waals surface area contributed by atoms with Crippen LogP contribution in [-0.4, -0.2) is 99.8 Å². The zero-order chi connectivity index (χ0) is 34.8. The van der Waals surface area contributed by atoms with Crippen molar-refractivity contribution in [2.24, 2.45) is 0 Å². The fourth-order valence-corrected chi connectivity index (χ4v) is 7.01. The van der Waals surface area contributed by atoms with Gasteiger partial charge in [0.05, 0.1) is 42.7 Å². The SMILES string of the molecule is CNS(=O)(=O)c1cccc(-c2nc(N3CCOCC3)nc(Cl)c2CCCl)c1.ClCCc1c(Cl)nc(N2CCOCC2)nc1-c1ccccc1. The number of anilines is 2. The second kappa shape index (κ2) is 17.9. The van der Waals surface area contributed by atoms with Gasteiger partial charge in [0.1, 0.15) is 10.3 Å². The van der Waals surface area contributed by atoms with Crippen LogP contribution in [0.25, 0.3) is 22.5 Å². The van der Waals surface area contributed by atoms with Crippen molar-refractivity contribution in [3.8, 4) is 22.5 Å². The van der Waals surface area contributed by atoms with Crippen LogP contribution in [0, 0.1) is 0 Å². The van der Waals surface area contributed by atoms with E-state index in [0.717, 1.165) is 29.9 Å². The van der Waals surface area contributed by atoms with Gasteiger partial charge in [0.25, 0.3) is 0 Å². The molecule has 16 heteroatoms. The van der Waals surface area contributed by atoms with E-state index in [1.54, 1.807) is 18.2 Å². The van der Waals surface area contributed by atoms with Crippen LogP contribution >= 0.6 is 46.4 Å². The number of halogens is 4. The van der Waals surface area contributed by atoms with Gasteiger partial charge in [0.2, 0.25) is 21.9 Å². The third kappa shape index (κ3) is 9.50. The number of aromatic nitrogens is 4. The molecule has 0 bridgehead atoms. The van der Waals surface area contributed by atoms with Gasteiger partial charge in [-0.3, -0.25) is 0 Å². The fourth-order valence-electron chi connectivity index (χ4n) is 5.33. The van der Waals surface area contributed by atoms with Crippen molar-refractivity contribution in [1.29, 1.82) is 0 Å². The van der Waals surface area contributed by atoms with Gasteiger partial charge in [-0.05, 0) is 32.0 Å². The highest BCUT2D eigenvalue weighted by Gasteiger charge is 2.22. The summed E-state index contributed by atoms with van der Waals surface area (Å²) < 4.78 is 37.4. The van der Waals surface area contributed by atoms with Crippen LogP contribution in [0.15, 0.2) is 59.5 Å². The number of benzene rings is 2. The summed E-state index contributed by atoms with van der Waals surface area (Å²) in [5.74, 6) is 1.99. The molecule has 0 saturated carbocycles. The van der Waals surface area contributed by atoms with Gasteiger partial charge in [-0.2, -0.15) is 0 Å². The third-order valence-electron chi connectivity index (χ3n) is 7.90. The summed E-state index contributed by atoms with van der Waals surface area (Å²) in [6.07, 6.45) is 1.12. The number of nitrogens with zero attached hydrogens (tertiary/aromatic N) is 6. The van der Waals surface area contributed by atoms with Crippen molar-refractivity contribution in [1.82, 2.24) is 24.7 Å². The highest BCUT2D eigenvalue weighted by atomic mass is 35.5. The molecule has 2 aliphatic rings. The summed E-state index contributed by atoms with van der Waals surface area (Å²) >= 11 is 24.7. The number of rotatable bonds is 10. The summed E-state index contributed by atoms with van der Waals surface area (Å²) in [7, 11) is -2.20. The van der Waals surface area contributed by atoms with Gasteiger partial charge < -0.3 is 19.3 Å². The highest BCUT2D eigenvalue weighted by molar-refractivity contribution is 7.89. The van der Waals surface area contributed by atoms with Gasteiger partial charge >= 0.3 is 0 Å². The molecule has 262 valence electrons. The number of hydrogen-bond acceptors (Lipinski definition) is 10. The molecule has 0 spiro atoms. The molecule has 0 aliphatic carbocycles. The van der Waals surface area contributed by atoms with Crippen molar-refractivity contribution < 1.29 is 17.9 Å². The molecule has 0 radical (unpaired) electrons. The Hall–Kier alpha value is -2.81. The van der Waals surface area contributed by atoms with E-state index in [4.69, 9.17) is 65.8 Å². The molecule has 4 heterocycles. The van der Waals surface area contributed by atoms with E-state index >= 15 is 0 Å². The summed E-state index contributed by atoms with van der Waals surface area (Å²) in [5, 5.41) is 0.806. The lowest BCUT2D eigenvalue weighted by atomic mass is 10.1. The normalized spacial score (nSPS) is 15.1. The Morgan fingerprint density at radius 1 is 0.694 bits per heavy atom. The van der Waals surface area contributed by atoms with Crippen LogP contribution in [-0.2, 0) is 32.3 Å². The molecule has 49 heavy (non-hydrogen) atoms. The lowest BCUT2D eigenvalue weighted by Gasteiger charge is -2.27. The largest absolute Gasteiger partial charge is 0.378 e. The predicted octanol–water partition coefficient (Wildman–Crippen LogP) is 5.74. The number of hydrogen-bond donors (Lipinski definition) is 1. The average molecular weight is 770 g/mol. The first-order valence-corrected chi connectivity index (χ1v) is 19.1. The molecular weight excluding hydrogens is 732 g/mol. The molecule has 0 amide bonds. The summed E-state index contributed by atoms with van der Waals surface area (Å²) in [6, 6.07) is 16.6. The van der Waals surface area contributed by atoms with Crippen molar-refractivity contribution in [3.63, 3.8) is 0 Å². The van der Waals surface area contributed by atoms with Crippen LogP contribution in [0.5, 0.6) is 0 Å². The molecule has 2 aromatic carbocycles. The minimum absolute atomic E-state index is 0.155. The zero-order valence-corrected chi connectivity index (χ0v) is 30.8. The molecule has 6 rings (SSSR count). The molecule has 2 aliphatic heterocycles. The lowest BCUT2D eigenvalue weighted by molar-refractivity contribution is 0.122. The molecule has 2 saturated heterocycles. The maximum absolute atomic E-state index is 12.2. The quantitative estimate of drug-likeness (QED) is 0.158. The minimum Gasteiger partial charge on any atom is -0.378 e. The van der Waals surface area contributed by atoms with Gasteiger partial charge in [-0.25, -0.2) is 33.1 Å². The smallest absolute Gasteiger partial charge is 0.240 e. The standard InChI is InChI=1S/C17H20Cl2N4O3S.C16H17Cl2N3O/c1-20-27(24,25)13-4-2-3-12(11-13)15-14(5-6-18)16(19)22-17(21-15)23-7-9-26-10-8-23;17-7-6-13-14(12-4-2-1-3-5-12)19-16(20-15(13)18)21-8-10-22-11-9-21/h2-4,11,20H,5-10H2,1H3;1-5H,6-11H2. The maximum Gasteiger partial charge on any atom is 0.240 e. The monoisotopic (exact) mass is 767 g/mol. The van der Waals surface area contributed by atoms with E-state index in [-0.39, 0.29) is 4.90 Å². The van der Waals surface area contributed by atoms with Crippen LogP contribution in [0.1, 0.15) is 11.1 Å². The van der Waals surface area contributed by atoms with Gasteiger partial charge in [-0.1, -0.05) is 65.7 Å². The van der Waals surface area contributed by atoms with E-state index in [1.807, 2.05) is 35.2 Å². The number of alkyl halides is 2. The van der Waals surface area contributed by atoms with Crippen LogP contribution in [0.3, 0.4) is 0 Å². The molecule has 1 N–H and O–H groups in total. The summed E-state index contributed by atoms with van der Waals surface area (Å²) in [6.45, 7) is 5.44. The molecular formula is C33H37Cl4N7O4S. The Kier molecular flexibility index (Phi) is 13.7. The zero-order valence-electron chi connectivity index (χ0n) is 26.9. The van der Waals surface area contributed by atoms with Gasteiger partial charge in [0, 0.05) is 60.2 Å². The third-order valence-corrected chi connectivity index (χ3v) is 10.3. The molecule has 2 aromatic heterocycles. The van der Waals surface area contributed by atoms with Crippen molar-refractivity contribution in [3.05, 3.63) is 76.0 Å². The Labute approximate surface area is 306 Å². The first-order chi connectivity index (χ1) is 23.7. The number of sulfonamides is 1. The van der Waals surface area contributed by atoms with E-state index < -0.39 is 10.0 Å². The second-order valence-electron chi connectivity index (χ2n) is 11.0. The van der Waals surface area contributed by atoms with E-state index in [1.165, 1.54) is 13.1 Å². The first-order valence-electron chi connectivity index (χ1n) is 15.7. The van der Waals surface area contributed by atoms with Crippen molar-refractivity contribution in [2.45, 2.75) is 17.7 Å². The highest BCUT2D eigenvalue weighted by Crippen LogP contribution is 2.32. The molecule has 4 aromatic rings. The molecule has 2 fully saturated rings. The van der Waals surface area contributed by atoms with Crippen LogP contribution < -0.4 is 14.5 Å². The summed E-state index contributed by atoms with van der Waals surface area (Å²) in [4.78, 5) is 22.6. The fraction of sp³-hybridized carbons (Fsp3) is 0.394. The minimum atomic E-state index is -3.57. The van der Waals surface area contributed by atoms with Crippen LogP contribution in [0.4, 0.5) is 11.9 Å². The number of morpholine rings is 2. The summed E-state index contributed by atoms with van der Waals surface area (Å²) in [5.41, 5.74) is 4.72. The van der Waals surface area contributed by atoms with E-state index in [0.29, 0.717) is 103 Å². The van der Waals surface area contributed by atoms with Crippen molar-refractivity contribution >= 4 is 68.3 Å².